The highest BCUT2D eigenvalue weighted by atomic mass is 16.5. The van der Waals surface area contributed by atoms with Gasteiger partial charge in [0, 0.05) is 5.92 Å². The summed E-state index contributed by atoms with van der Waals surface area (Å²) in [6, 6.07) is 0. The van der Waals surface area contributed by atoms with Gasteiger partial charge in [0.2, 0.25) is 0 Å². The summed E-state index contributed by atoms with van der Waals surface area (Å²) in [7, 11) is 0. The molecule has 18 heavy (non-hydrogen) atoms. The van der Waals surface area contributed by atoms with E-state index in [1.54, 1.807) is 0 Å². The molecule has 0 saturated carbocycles. The fourth-order valence-corrected chi connectivity index (χ4v) is 2.72. The van der Waals surface area contributed by atoms with E-state index in [0.29, 0.717) is 5.92 Å². The standard InChI is InChI=1S/C14H24N2O2/c1-2-3-4-5-6-12-13(18-16-14(12)17)11-7-9-15-10-8-11/h11,15H,2-10H2,1H3,(H,16,17). The second-order valence-corrected chi connectivity index (χ2v) is 5.21. The van der Waals surface area contributed by atoms with Gasteiger partial charge in [0.15, 0.2) is 0 Å². The van der Waals surface area contributed by atoms with E-state index >= 15 is 0 Å². The van der Waals surface area contributed by atoms with Crippen LogP contribution in [0.5, 0.6) is 0 Å². The molecule has 0 atom stereocenters. The van der Waals surface area contributed by atoms with Gasteiger partial charge in [-0.15, -0.1) is 0 Å². The summed E-state index contributed by atoms with van der Waals surface area (Å²) < 4.78 is 5.43. The molecule has 1 aliphatic heterocycles. The van der Waals surface area contributed by atoms with Gasteiger partial charge < -0.3 is 9.84 Å². The molecule has 2 heterocycles. The lowest BCUT2D eigenvalue weighted by atomic mass is 9.91. The van der Waals surface area contributed by atoms with Crippen LogP contribution < -0.4 is 10.9 Å². The van der Waals surface area contributed by atoms with Crippen molar-refractivity contribution in [2.24, 2.45) is 0 Å². The first-order chi connectivity index (χ1) is 8.83. The van der Waals surface area contributed by atoms with E-state index in [0.717, 1.165) is 50.1 Å². The van der Waals surface area contributed by atoms with E-state index in [9.17, 15) is 4.79 Å². The Morgan fingerprint density at radius 1 is 1.22 bits per heavy atom. The molecule has 0 unspecified atom stereocenters. The minimum absolute atomic E-state index is 0.0139. The number of aromatic nitrogens is 1. The van der Waals surface area contributed by atoms with Crippen LogP contribution in [0, 0.1) is 0 Å². The van der Waals surface area contributed by atoms with Gasteiger partial charge in [0.05, 0.1) is 5.56 Å². The topological polar surface area (TPSA) is 58.0 Å². The van der Waals surface area contributed by atoms with Crippen molar-refractivity contribution in [2.75, 3.05) is 13.1 Å². The highest BCUT2D eigenvalue weighted by Crippen LogP contribution is 2.27. The smallest absolute Gasteiger partial charge is 0.283 e. The Labute approximate surface area is 108 Å². The second kappa shape index (κ2) is 6.78. The van der Waals surface area contributed by atoms with Crippen LogP contribution in [0.3, 0.4) is 0 Å². The molecule has 1 aliphatic rings. The van der Waals surface area contributed by atoms with Crippen molar-refractivity contribution >= 4 is 0 Å². The normalized spacial score (nSPS) is 17.2. The quantitative estimate of drug-likeness (QED) is 0.765. The van der Waals surface area contributed by atoms with Crippen LogP contribution in [-0.2, 0) is 6.42 Å². The fraction of sp³-hybridized carbons (Fsp3) is 0.786. The number of aromatic amines is 1. The third-order valence-electron chi connectivity index (χ3n) is 3.82. The zero-order chi connectivity index (χ0) is 12.8. The third-order valence-corrected chi connectivity index (χ3v) is 3.82. The lowest BCUT2D eigenvalue weighted by Crippen LogP contribution is -2.27. The predicted molar refractivity (Wildman–Crippen MR) is 72.0 cm³/mol. The van der Waals surface area contributed by atoms with E-state index in [4.69, 9.17) is 4.52 Å². The highest BCUT2D eigenvalue weighted by molar-refractivity contribution is 5.18. The predicted octanol–water partition coefficient (Wildman–Crippen LogP) is 2.56. The van der Waals surface area contributed by atoms with Crippen LogP contribution in [-0.4, -0.2) is 18.2 Å². The summed E-state index contributed by atoms with van der Waals surface area (Å²) in [5.41, 5.74) is 0.887. The number of hydrogen-bond acceptors (Lipinski definition) is 3. The van der Waals surface area contributed by atoms with E-state index in [1.807, 2.05) is 0 Å². The Kier molecular flexibility index (Phi) is 5.05. The molecule has 1 aromatic rings. The van der Waals surface area contributed by atoms with Crippen molar-refractivity contribution in [3.05, 3.63) is 21.7 Å². The van der Waals surface area contributed by atoms with Gasteiger partial charge in [-0.3, -0.25) is 4.79 Å². The lowest BCUT2D eigenvalue weighted by molar-refractivity contribution is 0.323. The number of H-pyrrole nitrogens is 1. The first kappa shape index (κ1) is 13.4. The maximum atomic E-state index is 11.8. The van der Waals surface area contributed by atoms with Crippen LogP contribution in [0.25, 0.3) is 0 Å². The fourth-order valence-electron chi connectivity index (χ4n) is 2.72. The molecule has 1 aromatic heterocycles. The molecular weight excluding hydrogens is 228 g/mol. The number of unbranched alkanes of at least 4 members (excludes halogenated alkanes) is 3. The van der Waals surface area contributed by atoms with E-state index in [2.05, 4.69) is 17.4 Å². The SMILES string of the molecule is CCCCCCc1c(C2CCNCC2)o[nH]c1=O. The molecule has 0 spiro atoms. The van der Waals surface area contributed by atoms with Gasteiger partial charge in [0.25, 0.3) is 5.56 Å². The van der Waals surface area contributed by atoms with E-state index in [1.165, 1.54) is 19.3 Å². The van der Waals surface area contributed by atoms with Crippen LogP contribution >= 0.6 is 0 Å². The molecule has 1 fully saturated rings. The molecule has 0 aromatic carbocycles. The summed E-state index contributed by atoms with van der Waals surface area (Å²) in [5.74, 6) is 1.35. The summed E-state index contributed by atoms with van der Waals surface area (Å²) in [4.78, 5) is 11.8. The van der Waals surface area contributed by atoms with Gasteiger partial charge in [-0.1, -0.05) is 26.2 Å². The van der Waals surface area contributed by atoms with Gasteiger partial charge in [-0.05, 0) is 38.8 Å². The van der Waals surface area contributed by atoms with Crippen LogP contribution in [0.1, 0.15) is 62.7 Å². The number of hydrogen-bond donors (Lipinski definition) is 2. The van der Waals surface area contributed by atoms with Gasteiger partial charge in [0.1, 0.15) is 5.76 Å². The Morgan fingerprint density at radius 3 is 2.72 bits per heavy atom. The van der Waals surface area contributed by atoms with Crippen LogP contribution in [0.15, 0.2) is 9.32 Å². The van der Waals surface area contributed by atoms with Crippen molar-refractivity contribution in [1.29, 1.82) is 0 Å². The van der Waals surface area contributed by atoms with Gasteiger partial charge >= 0.3 is 0 Å². The monoisotopic (exact) mass is 252 g/mol. The highest BCUT2D eigenvalue weighted by Gasteiger charge is 2.23. The third kappa shape index (κ3) is 3.25. The summed E-state index contributed by atoms with van der Waals surface area (Å²) in [6.45, 7) is 4.24. The zero-order valence-electron chi connectivity index (χ0n) is 11.3. The van der Waals surface area contributed by atoms with Crippen molar-refractivity contribution in [2.45, 2.75) is 57.8 Å². The van der Waals surface area contributed by atoms with Gasteiger partial charge in [-0.25, -0.2) is 0 Å². The number of nitrogens with one attached hydrogen (secondary N) is 2. The molecule has 4 nitrogen and oxygen atoms in total. The lowest BCUT2D eigenvalue weighted by Gasteiger charge is -2.20. The first-order valence-corrected chi connectivity index (χ1v) is 7.24. The van der Waals surface area contributed by atoms with Crippen LogP contribution in [0.4, 0.5) is 0 Å². The van der Waals surface area contributed by atoms with E-state index < -0.39 is 0 Å². The molecular formula is C14H24N2O2. The first-order valence-electron chi connectivity index (χ1n) is 7.24. The van der Waals surface area contributed by atoms with E-state index in [-0.39, 0.29) is 5.56 Å². The van der Waals surface area contributed by atoms with Gasteiger partial charge in [-0.2, -0.15) is 5.16 Å². The molecule has 2 N–H and O–H groups in total. The Morgan fingerprint density at radius 2 is 2.00 bits per heavy atom. The average Bonchev–Trinajstić information content (AvgIpc) is 2.77. The van der Waals surface area contributed by atoms with Crippen molar-refractivity contribution in [3.8, 4) is 0 Å². The molecule has 0 amide bonds. The molecule has 0 radical (unpaired) electrons. The summed E-state index contributed by atoms with van der Waals surface area (Å²) >= 11 is 0. The number of rotatable bonds is 6. The minimum Gasteiger partial charge on any atom is -0.383 e. The summed E-state index contributed by atoms with van der Waals surface area (Å²) in [5, 5.41) is 5.87. The maximum absolute atomic E-state index is 11.8. The number of piperidine rings is 1. The largest absolute Gasteiger partial charge is 0.383 e. The maximum Gasteiger partial charge on any atom is 0.283 e. The zero-order valence-corrected chi connectivity index (χ0v) is 11.3. The second-order valence-electron chi connectivity index (χ2n) is 5.21. The molecule has 0 bridgehead atoms. The van der Waals surface area contributed by atoms with Crippen molar-refractivity contribution in [3.63, 3.8) is 0 Å². The molecule has 102 valence electrons. The average molecular weight is 252 g/mol. The van der Waals surface area contributed by atoms with Crippen LogP contribution in [0.2, 0.25) is 0 Å². The molecule has 0 aliphatic carbocycles. The van der Waals surface area contributed by atoms with Crippen molar-refractivity contribution in [1.82, 2.24) is 10.5 Å². The molecule has 2 rings (SSSR count). The Hall–Kier alpha value is -1.03. The molecule has 4 heteroatoms. The molecule has 1 saturated heterocycles. The Balaban J connectivity index is 1.99. The Bertz CT molecular complexity index is 402. The summed E-state index contributed by atoms with van der Waals surface area (Å²) in [6.07, 6.45) is 7.78. The minimum atomic E-state index is -0.0139. The van der Waals surface area contributed by atoms with Crippen molar-refractivity contribution < 1.29 is 4.52 Å².